The fraction of sp³-hybridized carbons (Fsp3) is 0.357. The summed E-state index contributed by atoms with van der Waals surface area (Å²) >= 11 is 0. The average Bonchev–Trinajstić information content (AvgIpc) is 3.00. The molecule has 1 aliphatic heterocycles. The average molecular weight is 271 g/mol. The van der Waals surface area contributed by atoms with Gasteiger partial charge in [0, 0.05) is 19.5 Å². The molecular weight excluding hydrogens is 254 g/mol. The van der Waals surface area contributed by atoms with Crippen LogP contribution >= 0.6 is 0 Å². The predicted molar refractivity (Wildman–Crippen MR) is 73.9 cm³/mol. The summed E-state index contributed by atoms with van der Waals surface area (Å²) in [6, 6.07) is 8.08. The smallest absolute Gasteiger partial charge is 0.237 e. The number of benzene rings is 1. The van der Waals surface area contributed by atoms with Crippen molar-refractivity contribution in [2.45, 2.75) is 25.4 Å². The van der Waals surface area contributed by atoms with Gasteiger partial charge in [0.1, 0.15) is 12.2 Å². The van der Waals surface area contributed by atoms with E-state index in [1.54, 1.807) is 0 Å². The van der Waals surface area contributed by atoms with Gasteiger partial charge in [-0.1, -0.05) is 24.3 Å². The topological polar surface area (TPSA) is 82.7 Å². The molecule has 0 bridgehead atoms. The highest BCUT2D eigenvalue weighted by molar-refractivity contribution is 5.82. The van der Waals surface area contributed by atoms with Gasteiger partial charge in [0.15, 0.2) is 0 Å². The van der Waals surface area contributed by atoms with Crippen LogP contribution < -0.4 is 10.6 Å². The number of aromatic nitrogens is 3. The number of H-pyrrole nitrogens is 1. The Bertz CT molecular complexity index is 581. The van der Waals surface area contributed by atoms with Crippen LogP contribution in [-0.2, 0) is 24.2 Å². The molecule has 3 rings (SSSR count). The number of nitrogens with one attached hydrogen (secondary N) is 3. The van der Waals surface area contributed by atoms with E-state index in [1.165, 1.54) is 17.5 Å². The summed E-state index contributed by atoms with van der Waals surface area (Å²) in [5.41, 5.74) is 2.53. The maximum atomic E-state index is 12.1. The number of fused-ring (bicyclic) bond motifs is 1. The Hall–Kier alpha value is -2.21. The van der Waals surface area contributed by atoms with Crippen LogP contribution in [0.15, 0.2) is 30.6 Å². The highest BCUT2D eigenvalue weighted by Gasteiger charge is 2.23. The maximum Gasteiger partial charge on any atom is 0.237 e. The van der Waals surface area contributed by atoms with Crippen LogP contribution in [0.4, 0.5) is 0 Å². The fourth-order valence-electron chi connectivity index (χ4n) is 2.42. The number of carbonyl (C=O) groups is 1. The van der Waals surface area contributed by atoms with E-state index < -0.39 is 0 Å². The zero-order valence-electron chi connectivity index (χ0n) is 11.1. The van der Waals surface area contributed by atoms with Crippen molar-refractivity contribution in [3.05, 3.63) is 47.5 Å². The first kappa shape index (κ1) is 12.8. The second kappa shape index (κ2) is 5.83. The monoisotopic (exact) mass is 271 g/mol. The molecule has 3 N–H and O–H groups in total. The third-order valence-electron chi connectivity index (χ3n) is 3.52. The van der Waals surface area contributed by atoms with Crippen LogP contribution in [0.25, 0.3) is 0 Å². The summed E-state index contributed by atoms with van der Waals surface area (Å²) in [6.07, 6.45) is 2.87. The minimum absolute atomic E-state index is 0.0408. The van der Waals surface area contributed by atoms with Gasteiger partial charge < -0.3 is 10.6 Å². The molecule has 1 aromatic carbocycles. The molecule has 0 fully saturated rings. The van der Waals surface area contributed by atoms with E-state index in [9.17, 15) is 4.79 Å². The molecule has 0 saturated carbocycles. The van der Waals surface area contributed by atoms with E-state index in [2.05, 4.69) is 37.9 Å². The number of hydrogen-bond donors (Lipinski definition) is 3. The third kappa shape index (κ3) is 2.85. The Morgan fingerprint density at radius 3 is 3.00 bits per heavy atom. The van der Waals surface area contributed by atoms with E-state index in [1.807, 2.05) is 12.1 Å². The normalized spacial score (nSPS) is 17.5. The van der Waals surface area contributed by atoms with E-state index >= 15 is 0 Å². The molecule has 2 heterocycles. The van der Waals surface area contributed by atoms with Crippen molar-refractivity contribution in [3.63, 3.8) is 0 Å². The lowest BCUT2D eigenvalue weighted by atomic mass is 9.95. The van der Waals surface area contributed by atoms with Crippen molar-refractivity contribution < 1.29 is 4.79 Å². The molecule has 2 aromatic rings. The maximum absolute atomic E-state index is 12.1. The van der Waals surface area contributed by atoms with Crippen molar-refractivity contribution in [3.8, 4) is 0 Å². The van der Waals surface area contributed by atoms with Crippen LogP contribution in [0.3, 0.4) is 0 Å². The zero-order chi connectivity index (χ0) is 13.8. The Labute approximate surface area is 117 Å². The van der Waals surface area contributed by atoms with Gasteiger partial charge in [-0.15, -0.1) is 0 Å². The highest BCUT2D eigenvalue weighted by Crippen LogP contribution is 2.16. The minimum Gasteiger partial charge on any atom is -0.354 e. The molecule has 0 aliphatic carbocycles. The van der Waals surface area contributed by atoms with E-state index in [4.69, 9.17) is 0 Å². The predicted octanol–water partition coefficient (Wildman–Crippen LogP) is 0.178. The first-order valence-electron chi connectivity index (χ1n) is 6.75. The van der Waals surface area contributed by atoms with E-state index in [0.29, 0.717) is 13.0 Å². The fourth-order valence-corrected chi connectivity index (χ4v) is 2.42. The van der Waals surface area contributed by atoms with Gasteiger partial charge >= 0.3 is 0 Å². The number of amides is 1. The molecule has 104 valence electrons. The molecule has 6 heteroatoms. The van der Waals surface area contributed by atoms with Crippen molar-refractivity contribution in [2.24, 2.45) is 0 Å². The summed E-state index contributed by atoms with van der Waals surface area (Å²) in [7, 11) is 0. The molecule has 0 saturated heterocycles. The molecule has 1 aliphatic rings. The quantitative estimate of drug-likeness (QED) is 0.740. The van der Waals surface area contributed by atoms with Crippen molar-refractivity contribution in [2.75, 3.05) is 6.54 Å². The molecule has 1 amide bonds. The van der Waals surface area contributed by atoms with E-state index in [-0.39, 0.29) is 11.9 Å². The van der Waals surface area contributed by atoms with Crippen LogP contribution in [0.2, 0.25) is 0 Å². The van der Waals surface area contributed by atoms with Crippen LogP contribution in [0.5, 0.6) is 0 Å². The molecule has 0 spiro atoms. The van der Waals surface area contributed by atoms with Gasteiger partial charge in [0.2, 0.25) is 5.91 Å². The molecule has 20 heavy (non-hydrogen) atoms. The van der Waals surface area contributed by atoms with Crippen molar-refractivity contribution >= 4 is 5.91 Å². The lowest BCUT2D eigenvalue weighted by Gasteiger charge is -2.25. The highest BCUT2D eigenvalue weighted by atomic mass is 16.2. The van der Waals surface area contributed by atoms with Gasteiger partial charge in [-0.25, -0.2) is 4.98 Å². The largest absolute Gasteiger partial charge is 0.354 e. The summed E-state index contributed by atoms with van der Waals surface area (Å²) in [6.45, 7) is 1.31. The third-order valence-corrected chi connectivity index (χ3v) is 3.52. The number of aromatic amines is 1. The van der Waals surface area contributed by atoms with Gasteiger partial charge in [-0.05, 0) is 17.5 Å². The molecule has 1 atom stereocenters. The zero-order valence-corrected chi connectivity index (χ0v) is 11.1. The number of nitrogens with zero attached hydrogens (tertiary/aromatic N) is 2. The Morgan fingerprint density at radius 2 is 2.20 bits per heavy atom. The summed E-state index contributed by atoms with van der Waals surface area (Å²) in [5.74, 6) is 0.825. The van der Waals surface area contributed by atoms with Crippen LogP contribution in [0.1, 0.15) is 17.0 Å². The van der Waals surface area contributed by atoms with Gasteiger partial charge in [0.25, 0.3) is 0 Å². The lowest BCUT2D eigenvalue weighted by molar-refractivity contribution is -0.123. The molecular formula is C14H17N5O. The lowest BCUT2D eigenvalue weighted by Crippen LogP contribution is -2.48. The van der Waals surface area contributed by atoms with Gasteiger partial charge in [-0.2, -0.15) is 5.10 Å². The molecule has 0 unspecified atom stereocenters. The Morgan fingerprint density at radius 1 is 1.35 bits per heavy atom. The minimum atomic E-state index is -0.153. The molecule has 6 nitrogen and oxygen atoms in total. The SMILES string of the molecule is O=C(NCCc1ncn[nH]1)[C@H]1Cc2ccccc2CN1. The number of rotatable bonds is 4. The van der Waals surface area contributed by atoms with Gasteiger partial charge in [0.05, 0.1) is 6.04 Å². The second-order valence-corrected chi connectivity index (χ2v) is 4.88. The van der Waals surface area contributed by atoms with Crippen molar-refractivity contribution in [1.29, 1.82) is 0 Å². The second-order valence-electron chi connectivity index (χ2n) is 4.88. The number of hydrogen-bond acceptors (Lipinski definition) is 4. The molecule has 0 radical (unpaired) electrons. The first-order chi connectivity index (χ1) is 9.83. The van der Waals surface area contributed by atoms with E-state index in [0.717, 1.165) is 18.8 Å². The first-order valence-corrected chi connectivity index (χ1v) is 6.75. The Balaban J connectivity index is 1.51. The summed E-state index contributed by atoms with van der Waals surface area (Å²) in [4.78, 5) is 16.1. The van der Waals surface area contributed by atoms with Crippen LogP contribution in [0, 0.1) is 0 Å². The summed E-state index contributed by atoms with van der Waals surface area (Å²) in [5, 5.41) is 12.8. The summed E-state index contributed by atoms with van der Waals surface area (Å²) < 4.78 is 0. The van der Waals surface area contributed by atoms with Gasteiger partial charge in [-0.3, -0.25) is 9.89 Å². The molecule has 1 aromatic heterocycles. The van der Waals surface area contributed by atoms with Crippen LogP contribution in [-0.4, -0.2) is 33.7 Å². The Kier molecular flexibility index (Phi) is 3.73. The number of carbonyl (C=O) groups excluding carboxylic acids is 1. The standard InChI is InChI=1S/C14H17N5O/c20-14(15-6-5-13-17-9-18-19-13)12-7-10-3-1-2-4-11(10)8-16-12/h1-4,9,12,16H,5-8H2,(H,15,20)(H,17,18,19)/t12-/m1/s1. The van der Waals surface area contributed by atoms with Crippen molar-refractivity contribution in [1.82, 2.24) is 25.8 Å².